The molecule has 108 valence electrons. The van der Waals surface area contributed by atoms with E-state index in [9.17, 15) is 0 Å². The van der Waals surface area contributed by atoms with Crippen LogP contribution in [0.2, 0.25) is 0 Å². The lowest BCUT2D eigenvalue weighted by atomic mass is 9.92. The fourth-order valence-corrected chi connectivity index (χ4v) is 2.57. The zero-order valence-corrected chi connectivity index (χ0v) is 12.6. The highest BCUT2D eigenvalue weighted by Gasteiger charge is 2.44. The average Bonchev–Trinajstić information content (AvgIpc) is 3.23. The lowest BCUT2D eigenvalue weighted by Gasteiger charge is -2.17. The largest absolute Gasteiger partial charge is 0.357 e. The van der Waals surface area contributed by atoms with E-state index >= 15 is 0 Å². The molecule has 0 unspecified atom stereocenters. The summed E-state index contributed by atoms with van der Waals surface area (Å²) in [4.78, 5) is 4.75. The molecule has 0 spiro atoms. The smallest absolute Gasteiger partial charge is 0.191 e. The second-order valence-electron chi connectivity index (χ2n) is 5.46. The van der Waals surface area contributed by atoms with E-state index in [1.54, 1.807) is 0 Å². The predicted octanol–water partition coefficient (Wildman–Crippen LogP) is 2.77. The van der Waals surface area contributed by atoms with Gasteiger partial charge in [-0.05, 0) is 37.8 Å². The van der Waals surface area contributed by atoms with Crippen LogP contribution in [0.25, 0.3) is 0 Å². The van der Waals surface area contributed by atoms with Gasteiger partial charge in [0.15, 0.2) is 5.96 Å². The zero-order chi connectivity index (χ0) is 14.4. The molecule has 1 aliphatic rings. The first-order valence-corrected chi connectivity index (χ1v) is 7.41. The van der Waals surface area contributed by atoms with Gasteiger partial charge in [0.25, 0.3) is 0 Å². The highest BCUT2D eigenvalue weighted by Crippen LogP contribution is 2.49. The van der Waals surface area contributed by atoms with E-state index in [2.05, 4.69) is 55.3 Å². The normalized spacial score (nSPS) is 16.6. The van der Waals surface area contributed by atoms with Gasteiger partial charge in [0.2, 0.25) is 0 Å². The van der Waals surface area contributed by atoms with Gasteiger partial charge in [0.1, 0.15) is 0 Å². The van der Waals surface area contributed by atoms with Gasteiger partial charge < -0.3 is 10.6 Å². The van der Waals surface area contributed by atoms with Crippen LogP contribution in [0.1, 0.15) is 30.9 Å². The van der Waals surface area contributed by atoms with E-state index in [1.807, 2.05) is 6.08 Å². The number of rotatable bonds is 6. The molecule has 3 nitrogen and oxygen atoms in total. The molecular formula is C17H25N3. The van der Waals surface area contributed by atoms with Crippen LogP contribution < -0.4 is 10.6 Å². The fraction of sp³-hybridized carbons (Fsp3) is 0.471. The molecule has 0 radical (unpaired) electrons. The van der Waals surface area contributed by atoms with E-state index in [-0.39, 0.29) is 5.41 Å². The Morgan fingerprint density at radius 2 is 2.10 bits per heavy atom. The van der Waals surface area contributed by atoms with Crippen molar-refractivity contribution in [3.63, 3.8) is 0 Å². The first kappa shape index (κ1) is 14.6. The number of nitrogens with zero attached hydrogens (tertiary/aromatic N) is 1. The van der Waals surface area contributed by atoms with Crippen LogP contribution in [-0.4, -0.2) is 25.6 Å². The molecule has 1 saturated carbocycles. The molecule has 2 rings (SSSR count). The van der Waals surface area contributed by atoms with Crippen molar-refractivity contribution in [2.45, 2.75) is 32.1 Å². The summed E-state index contributed by atoms with van der Waals surface area (Å²) in [7, 11) is 0. The number of aliphatic imine (C=N–C) groups is 1. The Balaban J connectivity index is 2.08. The van der Waals surface area contributed by atoms with Gasteiger partial charge in [-0.3, -0.25) is 4.99 Å². The molecule has 1 aromatic rings. The Morgan fingerprint density at radius 3 is 2.70 bits per heavy atom. The van der Waals surface area contributed by atoms with E-state index in [0.717, 1.165) is 25.6 Å². The van der Waals surface area contributed by atoms with Crippen LogP contribution in [0, 0.1) is 6.92 Å². The summed E-state index contributed by atoms with van der Waals surface area (Å²) >= 11 is 0. The Hall–Kier alpha value is -1.77. The fourth-order valence-electron chi connectivity index (χ4n) is 2.57. The van der Waals surface area contributed by atoms with E-state index in [4.69, 9.17) is 4.99 Å². The van der Waals surface area contributed by atoms with E-state index in [0.29, 0.717) is 0 Å². The van der Waals surface area contributed by atoms with Crippen molar-refractivity contribution in [1.82, 2.24) is 10.6 Å². The van der Waals surface area contributed by atoms with Crippen molar-refractivity contribution in [3.05, 3.63) is 48.0 Å². The van der Waals surface area contributed by atoms with Crippen molar-refractivity contribution < 1.29 is 0 Å². The molecule has 0 heterocycles. The van der Waals surface area contributed by atoms with Gasteiger partial charge >= 0.3 is 0 Å². The summed E-state index contributed by atoms with van der Waals surface area (Å²) in [6.45, 7) is 10.5. The van der Waals surface area contributed by atoms with Gasteiger partial charge in [0.05, 0.1) is 6.54 Å². The summed E-state index contributed by atoms with van der Waals surface area (Å²) in [5, 5.41) is 6.53. The highest BCUT2D eigenvalue weighted by molar-refractivity contribution is 5.80. The van der Waals surface area contributed by atoms with Gasteiger partial charge in [-0.1, -0.05) is 30.3 Å². The molecular weight excluding hydrogens is 246 g/mol. The first-order chi connectivity index (χ1) is 9.72. The number of aryl methyl sites for hydroxylation is 1. The number of nitrogens with one attached hydrogen (secondary N) is 2. The van der Waals surface area contributed by atoms with Gasteiger partial charge in [0, 0.05) is 18.5 Å². The topological polar surface area (TPSA) is 36.4 Å². The van der Waals surface area contributed by atoms with Gasteiger partial charge in [-0.15, -0.1) is 6.58 Å². The van der Waals surface area contributed by atoms with Crippen LogP contribution in [0.4, 0.5) is 0 Å². The van der Waals surface area contributed by atoms with Crippen molar-refractivity contribution in [1.29, 1.82) is 0 Å². The molecule has 2 N–H and O–H groups in total. The van der Waals surface area contributed by atoms with Gasteiger partial charge in [-0.2, -0.15) is 0 Å². The van der Waals surface area contributed by atoms with Crippen molar-refractivity contribution in [2.75, 3.05) is 19.6 Å². The lowest BCUT2D eigenvalue weighted by Crippen LogP contribution is -2.38. The number of hydrogen-bond acceptors (Lipinski definition) is 1. The minimum Gasteiger partial charge on any atom is -0.357 e. The molecule has 0 bridgehead atoms. The molecule has 0 saturated heterocycles. The Bertz CT molecular complexity index is 487. The minimum absolute atomic E-state index is 0.266. The van der Waals surface area contributed by atoms with Crippen LogP contribution in [0.3, 0.4) is 0 Å². The Morgan fingerprint density at radius 1 is 1.35 bits per heavy atom. The second-order valence-corrected chi connectivity index (χ2v) is 5.46. The van der Waals surface area contributed by atoms with E-state index in [1.165, 1.54) is 24.0 Å². The van der Waals surface area contributed by atoms with Crippen molar-refractivity contribution in [2.24, 2.45) is 4.99 Å². The maximum atomic E-state index is 4.75. The van der Waals surface area contributed by atoms with Crippen molar-refractivity contribution in [3.8, 4) is 0 Å². The zero-order valence-electron chi connectivity index (χ0n) is 12.6. The predicted molar refractivity (Wildman–Crippen MR) is 86.3 cm³/mol. The summed E-state index contributed by atoms with van der Waals surface area (Å²) < 4.78 is 0. The molecule has 0 amide bonds. The molecule has 0 atom stereocenters. The number of guanidine groups is 1. The SMILES string of the molecule is C=CCNC(=NCC1(c2ccccc2C)CC1)NCC. The monoisotopic (exact) mass is 271 g/mol. The standard InChI is InChI=1S/C17H25N3/c1-4-12-19-16(18-5-2)20-13-17(10-11-17)15-9-7-6-8-14(15)3/h4,6-9H,1,5,10-13H2,2-3H3,(H2,18,19,20). The maximum absolute atomic E-state index is 4.75. The summed E-state index contributed by atoms with van der Waals surface area (Å²) in [6.07, 6.45) is 4.32. The van der Waals surface area contributed by atoms with Gasteiger partial charge in [-0.25, -0.2) is 0 Å². The third-order valence-electron chi connectivity index (χ3n) is 3.87. The third kappa shape index (κ3) is 3.41. The van der Waals surface area contributed by atoms with Crippen LogP contribution in [-0.2, 0) is 5.41 Å². The first-order valence-electron chi connectivity index (χ1n) is 7.41. The quantitative estimate of drug-likeness (QED) is 0.474. The third-order valence-corrected chi connectivity index (χ3v) is 3.87. The molecule has 0 aromatic heterocycles. The molecule has 20 heavy (non-hydrogen) atoms. The Labute approximate surface area is 122 Å². The van der Waals surface area contributed by atoms with Crippen LogP contribution in [0.5, 0.6) is 0 Å². The number of benzene rings is 1. The summed E-state index contributed by atoms with van der Waals surface area (Å²) in [6, 6.07) is 8.68. The van der Waals surface area contributed by atoms with Crippen molar-refractivity contribution >= 4 is 5.96 Å². The average molecular weight is 271 g/mol. The highest BCUT2D eigenvalue weighted by atomic mass is 15.2. The molecule has 1 fully saturated rings. The summed E-state index contributed by atoms with van der Waals surface area (Å²) in [5.74, 6) is 0.882. The molecule has 1 aromatic carbocycles. The number of hydrogen-bond donors (Lipinski definition) is 2. The minimum atomic E-state index is 0.266. The molecule has 3 heteroatoms. The molecule has 0 aliphatic heterocycles. The van der Waals surface area contributed by atoms with Crippen LogP contribution >= 0.6 is 0 Å². The lowest BCUT2D eigenvalue weighted by molar-refractivity contribution is 0.691. The maximum Gasteiger partial charge on any atom is 0.191 e. The molecule has 1 aliphatic carbocycles. The Kier molecular flexibility index (Phi) is 4.83. The van der Waals surface area contributed by atoms with E-state index < -0.39 is 0 Å². The second kappa shape index (κ2) is 6.60. The van der Waals surface area contributed by atoms with Crippen LogP contribution in [0.15, 0.2) is 41.9 Å². The summed E-state index contributed by atoms with van der Waals surface area (Å²) in [5.41, 5.74) is 3.11.